The summed E-state index contributed by atoms with van der Waals surface area (Å²) in [4.78, 5) is 12.0. The fourth-order valence-corrected chi connectivity index (χ4v) is 2.31. The summed E-state index contributed by atoms with van der Waals surface area (Å²) in [6.45, 7) is -1.33. The first-order valence-corrected chi connectivity index (χ1v) is 7.23. The van der Waals surface area contributed by atoms with Gasteiger partial charge in [-0.25, -0.2) is 13.8 Å². The van der Waals surface area contributed by atoms with E-state index in [1.807, 2.05) is 0 Å². The van der Waals surface area contributed by atoms with Gasteiger partial charge in [0, 0.05) is 13.2 Å². The van der Waals surface area contributed by atoms with Gasteiger partial charge >= 0.3 is 12.2 Å². The number of benzene rings is 1. The number of hydrogen-bond acceptors (Lipinski definition) is 4. The molecule has 0 spiro atoms. The molecule has 10 heteroatoms. The van der Waals surface area contributed by atoms with E-state index in [2.05, 4.69) is 21.0 Å². The maximum absolute atomic E-state index is 14.1. The Morgan fingerprint density at radius 1 is 1.35 bits per heavy atom. The zero-order valence-corrected chi connectivity index (χ0v) is 13.8. The summed E-state index contributed by atoms with van der Waals surface area (Å²) in [6.07, 6.45) is 0. The maximum atomic E-state index is 14.1. The second-order valence-electron chi connectivity index (χ2n) is 4.46. The molecule has 1 aromatic carbocycles. The van der Waals surface area contributed by atoms with E-state index < -0.39 is 18.1 Å². The first-order valence-electron chi connectivity index (χ1n) is 6.44. The van der Waals surface area contributed by atoms with Gasteiger partial charge in [-0.05, 0) is 28.9 Å². The number of methoxy groups -OCH3 is 1. The summed E-state index contributed by atoms with van der Waals surface area (Å²) in [5.41, 5.74) is -1.42. The lowest BCUT2D eigenvalue weighted by molar-refractivity contribution is 0.0640. The van der Waals surface area contributed by atoms with E-state index >= 15 is 0 Å². The molecule has 0 amide bonds. The zero-order valence-electron chi connectivity index (χ0n) is 12.2. The molecule has 23 heavy (non-hydrogen) atoms. The predicted octanol–water partition coefficient (Wildman–Crippen LogP) is 2.66. The fourth-order valence-electron chi connectivity index (χ4n) is 1.88. The third-order valence-electron chi connectivity index (χ3n) is 2.95. The van der Waals surface area contributed by atoms with Crippen molar-refractivity contribution in [1.29, 1.82) is 0 Å². The van der Waals surface area contributed by atoms with Crippen molar-refractivity contribution in [3.8, 4) is 11.4 Å². The van der Waals surface area contributed by atoms with Crippen molar-refractivity contribution >= 4 is 15.9 Å². The summed E-state index contributed by atoms with van der Waals surface area (Å²) in [5.74, 6) is -0.805. The number of aryl methyl sites for hydroxylation is 1. The average molecular weight is 396 g/mol. The van der Waals surface area contributed by atoms with Crippen LogP contribution in [-0.4, -0.2) is 34.7 Å². The van der Waals surface area contributed by atoms with Gasteiger partial charge in [-0.15, -0.1) is 5.10 Å². The van der Waals surface area contributed by atoms with E-state index in [0.29, 0.717) is 15.8 Å². The SMILES string of the molecule is COCCOc1cc(-n2nc(C)n(C(F)F)c2=O)c(F)cc1Br. The van der Waals surface area contributed by atoms with Crippen LogP contribution in [-0.2, 0) is 4.74 Å². The molecule has 0 radical (unpaired) electrons. The quantitative estimate of drug-likeness (QED) is 0.705. The number of hydrogen-bond donors (Lipinski definition) is 0. The molecule has 1 aromatic heterocycles. The molecule has 0 saturated carbocycles. The van der Waals surface area contributed by atoms with Gasteiger partial charge in [0.2, 0.25) is 0 Å². The maximum Gasteiger partial charge on any atom is 0.355 e. The number of halogens is 4. The van der Waals surface area contributed by atoms with Gasteiger partial charge in [0.25, 0.3) is 0 Å². The van der Waals surface area contributed by atoms with Crippen molar-refractivity contribution in [3.05, 3.63) is 38.7 Å². The minimum atomic E-state index is -3.06. The molecule has 2 aromatic rings. The number of ether oxygens (including phenoxy) is 2. The monoisotopic (exact) mass is 395 g/mol. The van der Waals surface area contributed by atoms with E-state index in [1.54, 1.807) is 0 Å². The zero-order chi connectivity index (χ0) is 17.1. The van der Waals surface area contributed by atoms with Gasteiger partial charge in [-0.1, -0.05) is 0 Å². The second-order valence-corrected chi connectivity index (χ2v) is 5.32. The molecular formula is C13H13BrF3N3O3. The Hall–Kier alpha value is -1.81. The lowest BCUT2D eigenvalue weighted by Crippen LogP contribution is -2.25. The molecule has 0 atom stereocenters. The van der Waals surface area contributed by atoms with Gasteiger partial charge in [0.05, 0.1) is 11.1 Å². The van der Waals surface area contributed by atoms with Crippen molar-refractivity contribution in [1.82, 2.24) is 14.3 Å². The largest absolute Gasteiger partial charge is 0.490 e. The van der Waals surface area contributed by atoms with Gasteiger partial charge < -0.3 is 9.47 Å². The number of alkyl halides is 2. The van der Waals surface area contributed by atoms with Gasteiger partial charge in [-0.3, -0.25) is 0 Å². The Balaban J connectivity index is 2.49. The third kappa shape index (κ3) is 3.58. The summed E-state index contributed by atoms with van der Waals surface area (Å²) >= 11 is 3.13. The first kappa shape index (κ1) is 17.5. The molecular weight excluding hydrogens is 383 g/mol. The molecule has 0 unspecified atom stereocenters. The van der Waals surface area contributed by atoms with Crippen LogP contribution in [0.1, 0.15) is 12.4 Å². The van der Waals surface area contributed by atoms with Gasteiger partial charge in [0.15, 0.2) is 0 Å². The Morgan fingerprint density at radius 3 is 2.61 bits per heavy atom. The van der Waals surface area contributed by atoms with Crippen molar-refractivity contribution in [3.63, 3.8) is 0 Å². The van der Waals surface area contributed by atoms with Crippen molar-refractivity contribution in [2.24, 2.45) is 0 Å². The molecule has 0 N–H and O–H groups in total. The molecule has 6 nitrogen and oxygen atoms in total. The van der Waals surface area contributed by atoms with Crippen molar-refractivity contribution in [2.45, 2.75) is 13.5 Å². The van der Waals surface area contributed by atoms with E-state index in [4.69, 9.17) is 9.47 Å². The fraction of sp³-hybridized carbons (Fsp3) is 0.385. The highest BCUT2D eigenvalue weighted by Gasteiger charge is 2.21. The molecule has 0 aliphatic rings. The van der Waals surface area contributed by atoms with Crippen LogP contribution in [0.3, 0.4) is 0 Å². The van der Waals surface area contributed by atoms with Crippen LogP contribution in [0.2, 0.25) is 0 Å². The summed E-state index contributed by atoms with van der Waals surface area (Å²) in [5, 5.41) is 3.68. The van der Waals surface area contributed by atoms with Crippen LogP contribution < -0.4 is 10.4 Å². The standard InChI is InChI=1S/C13H13BrF3N3O3/c1-7-18-20(13(21)19(7)12(16)17)10-6-11(23-4-3-22-2)8(14)5-9(10)15/h5-6,12H,3-4H2,1-2H3. The Morgan fingerprint density at radius 2 is 2.04 bits per heavy atom. The Bertz CT molecular complexity index is 761. The van der Waals surface area contributed by atoms with Crippen LogP contribution in [0, 0.1) is 12.7 Å². The average Bonchev–Trinajstić information content (AvgIpc) is 2.76. The predicted molar refractivity (Wildman–Crippen MR) is 78.8 cm³/mol. The highest BCUT2D eigenvalue weighted by molar-refractivity contribution is 9.10. The summed E-state index contributed by atoms with van der Waals surface area (Å²) in [6, 6.07) is 2.28. The van der Waals surface area contributed by atoms with E-state index in [9.17, 15) is 18.0 Å². The first-order chi connectivity index (χ1) is 10.9. The highest BCUT2D eigenvalue weighted by atomic mass is 79.9. The molecule has 2 rings (SSSR count). The number of aromatic nitrogens is 3. The normalized spacial score (nSPS) is 11.3. The molecule has 1 heterocycles. The molecule has 0 saturated heterocycles. The highest BCUT2D eigenvalue weighted by Crippen LogP contribution is 2.29. The Labute approximate surface area is 137 Å². The van der Waals surface area contributed by atoms with Gasteiger partial charge in [-0.2, -0.15) is 13.5 Å². The van der Waals surface area contributed by atoms with E-state index in [-0.39, 0.29) is 28.4 Å². The molecule has 0 aliphatic carbocycles. The lowest BCUT2D eigenvalue weighted by atomic mass is 10.3. The van der Waals surface area contributed by atoms with Crippen molar-refractivity contribution < 1.29 is 22.6 Å². The topological polar surface area (TPSA) is 58.3 Å². The van der Waals surface area contributed by atoms with Crippen LogP contribution in [0.15, 0.2) is 21.4 Å². The number of nitrogens with zero attached hydrogens (tertiary/aromatic N) is 3. The van der Waals surface area contributed by atoms with Crippen LogP contribution >= 0.6 is 15.9 Å². The van der Waals surface area contributed by atoms with Gasteiger partial charge in [0.1, 0.15) is 29.7 Å². The second kappa shape index (κ2) is 7.18. The molecule has 126 valence electrons. The molecule has 0 fully saturated rings. The van der Waals surface area contributed by atoms with Crippen LogP contribution in [0.5, 0.6) is 5.75 Å². The lowest BCUT2D eigenvalue weighted by Gasteiger charge is -2.10. The number of rotatable bonds is 6. The smallest absolute Gasteiger partial charge is 0.355 e. The van der Waals surface area contributed by atoms with Crippen molar-refractivity contribution in [2.75, 3.05) is 20.3 Å². The minimum Gasteiger partial charge on any atom is -0.490 e. The Kier molecular flexibility index (Phi) is 5.47. The third-order valence-corrected chi connectivity index (χ3v) is 3.57. The van der Waals surface area contributed by atoms with E-state index in [0.717, 1.165) is 6.07 Å². The molecule has 0 bridgehead atoms. The van der Waals surface area contributed by atoms with Crippen LogP contribution in [0.4, 0.5) is 13.2 Å². The molecule has 0 aliphatic heterocycles. The van der Waals surface area contributed by atoms with Crippen LogP contribution in [0.25, 0.3) is 5.69 Å². The summed E-state index contributed by atoms with van der Waals surface area (Å²) in [7, 11) is 1.49. The van der Waals surface area contributed by atoms with E-state index in [1.165, 1.54) is 20.1 Å². The summed E-state index contributed by atoms with van der Waals surface area (Å²) < 4.78 is 51.1. The minimum absolute atomic E-state index is 0.174.